The third kappa shape index (κ3) is 2.28. The van der Waals surface area contributed by atoms with E-state index in [9.17, 15) is 0 Å². The molecule has 1 aliphatic carbocycles. The molecular weight excluding hydrogens is 285 g/mol. The molecule has 1 saturated carbocycles. The van der Waals surface area contributed by atoms with Crippen LogP contribution in [0, 0.1) is 0 Å². The van der Waals surface area contributed by atoms with Crippen molar-refractivity contribution in [3.05, 3.63) is 22.2 Å². The number of aromatic nitrogens is 4. The predicted molar refractivity (Wildman–Crippen MR) is 75.2 cm³/mol. The molecule has 0 bridgehead atoms. The van der Waals surface area contributed by atoms with Gasteiger partial charge < -0.3 is 5.73 Å². The Balaban J connectivity index is 2.05. The van der Waals surface area contributed by atoms with Gasteiger partial charge >= 0.3 is 0 Å². The van der Waals surface area contributed by atoms with Gasteiger partial charge in [-0.15, -0.1) is 5.10 Å². The Morgan fingerprint density at radius 3 is 2.63 bits per heavy atom. The normalized spacial score (nSPS) is 16.1. The van der Waals surface area contributed by atoms with Crippen LogP contribution in [-0.2, 0) is 0 Å². The molecule has 1 heterocycles. The summed E-state index contributed by atoms with van der Waals surface area (Å²) < 4.78 is 1.87. The van der Waals surface area contributed by atoms with E-state index in [1.165, 1.54) is 12.8 Å². The molecule has 5 nitrogen and oxygen atoms in total. The van der Waals surface area contributed by atoms with Crippen molar-refractivity contribution in [3.63, 3.8) is 0 Å². The molecule has 0 aliphatic heterocycles. The Morgan fingerprint density at radius 2 is 1.95 bits per heavy atom. The highest BCUT2D eigenvalue weighted by Crippen LogP contribution is 2.35. The van der Waals surface area contributed by atoms with Crippen LogP contribution < -0.4 is 5.73 Å². The van der Waals surface area contributed by atoms with Gasteiger partial charge in [0.2, 0.25) is 0 Å². The van der Waals surface area contributed by atoms with Crippen LogP contribution in [0.1, 0.15) is 31.7 Å². The summed E-state index contributed by atoms with van der Waals surface area (Å²) in [7, 11) is 0. The molecule has 1 aliphatic rings. The number of tetrazole rings is 1. The van der Waals surface area contributed by atoms with Crippen molar-refractivity contribution in [2.45, 2.75) is 31.7 Å². The fourth-order valence-corrected chi connectivity index (χ4v) is 2.85. The third-order valence-electron chi connectivity index (χ3n) is 3.48. The molecule has 0 unspecified atom stereocenters. The first-order valence-corrected chi connectivity index (χ1v) is 6.95. The fourth-order valence-electron chi connectivity index (χ4n) is 2.52. The van der Waals surface area contributed by atoms with E-state index in [-0.39, 0.29) is 0 Å². The summed E-state index contributed by atoms with van der Waals surface area (Å²) in [6, 6.07) is 3.86. The quantitative estimate of drug-likeness (QED) is 0.863. The maximum absolute atomic E-state index is 6.06. The van der Waals surface area contributed by atoms with Crippen LogP contribution in [0.4, 0.5) is 5.69 Å². The maximum Gasteiger partial charge on any atom is 0.182 e. The van der Waals surface area contributed by atoms with Crippen molar-refractivity contribution >= 4 is 28.9 Å². The molecule has 1 fully saturated rings. The van der Waals surface area contributed by atoms with Gasteiger partial charge in [-0.05, 0) is 35.4 Å². The van der Waals surface area contributed by atoms with Crippen molar-refractivity contribution < 1.29 is 0 Å². The summed E-state index contributed by atoms with van der Waals surface area (Å²) in [5.74, 6) is 0.692. The van der Waals surface area contributed by atoms with Gasteiger partial charge in [0.25, 0.3) is 0 Å². The number of halogens is 2. The van der Waals surface area contributed by atoms with E-state index >= 15 is 0 Å². The molecule has 0 radical (unpaired) electrons. The van der Waals surface area contributed by atoms with Gasteiger partial charge in [-0.3, -0.25) is 0 Å². The minimum absolute atomic E-state index is 0.362. The lowest BCUT2D eigenvalue weighted by molar-refractivity contribution is 0.458. The Bertz CT molecular complexity index is 581. The van der Waals surface area contributed by atoms with Crippen LogP contribution in [0.2, 0.25) is 10.0 Å². The van der Waals surface area contributed by atoms with Gasteiger partial charge in [0.1, 0.15) is 0 Å². The fraction of sp³-hybridized carbons (Fsp3) is 0.417. The molecule has 2 aromatic rings. The summed E-state index contributed by atoms with van der Waals surface area (Å²) in [6.07, 6.45) is 4.64. The Hall–Kier alpha value is -1.33. The Morgan fingerprint density at radius 1 is 1.21 bits per heavy atom. The van der Waals surface area contributed by atoms with Crippen LogP contribution in [0.3, 0.4) is 0 Å². The minimum Gasteiger partial charge on any atom is -0.397 e. The molecule has 0 atom stereocenters. The van der Waals surface area contributed by atoms with Gasteiger partial charge in [-0.2, -0.15) is 0 Å². The maximum atomic E-state index is 6.06. The number of nitrogens with two attached hydrogens (primary N) is 1. The summed E-state index contributed by atoms with van der Waals surface area (Å²) >= 11 is 12.0. The molecule has 1 aromatic heterocycles. The zero-order chi connectivity index (χ0) is 13.4. The molecule has 0 saturated heterocycles. The summed E-state index contributed by atoms with van der Waals surface area (Å²) in [6.45, 7) is 0. The summed E-state index contributed by atoms with van der Waals surface area (Å²) in [5, 5.41) is 12.7. The van der Waals surface area contributed by atoms with Gasteiger partial charge in [-0.1, -0.05) is 36.0 Å². The third-order valence-corrected chi connectivity index (χ3v) is 4.29. The highest BCUT2D eigenvalue weighted by Gasteiger charge is 2.22. The predicted octanol–water partition coefficient (Wildman–Crippen LogP) is 3.34. The standard InChI is InChI=1S/C12H13Cl2N5/c13-9-5-7(6-10(15)11(9)14)12-16-17-18-19(12)8-3-1-2-4-8/h5-6,8H,1-4,15H2. The largest absolute Gasteiger partial charge is 0.397 e. The number of hydrogen-bond acceptors (Lipinski definition) is 4. The minimum atomic E-state index is 0.362. The molecule has 1 aromatic carbocycles. The second-order valence-electron chi connectivity index (χ2n) is 4.75. The topological polar surface area (TPSA) is 69.6 Å². The number of benzene rings is 1. The second-order valence-corrected chi connectivity index (χ2v) is 5.53. The van der Waals surface area contributed by atoms with Crippen LogP contribution in [-0.4, -0.2) is 20.2 Å². The number of rotatable bonds is 2. The highest BCUT2D eigenvalue weighted by atomic mass is 35.5. The van der Waals surface area contributed by atoms with Crippen LogP contribution in [0.25, 0.3) is 11.4 Å². The van der Waals surface area contributed by atoms with Gasteiger partial charge in [0.05, 0.1) is 21.8 Å². The van der Waals surface area contributed by atoms with E-state index in [2.05, 4.69) is 15.5 Å². The van der Waals surface area contributed by atoms with E-state index < -0.39 is 0 Å². The van der Waals surface area contributed by atoms with Crippen LogP contribution in [0.15, 0.2) is 12.1 Å². The molecule has 7 heteroatoms. The van der Waals surface area contributed by atoms with E-state index in [1.807, 2.05) is 4.68 Å². The molecule has 3 rings (SSSR count). The Kier molecular flexibility index (Phi) is 3.33. The van der Waals surface area contributed by atoms with Gasteiger partial charge in [0, 0.05) is 5.56 Å². The van der Waals surface area contributed by atoms with Crippen molar-refractivity contribution in [3.8, 4) is 11.4 Å². The number of nitrogens with zero attached hydrogens (tertiary/aromatic N) is 4. The second kappa shape index (κ2) is 4.98. The smallest absolute Gasteiger partial charge is 0.182 e. The van der Waals surface area contributed by atoms with Crippen molar-refractivity contribution in [1.29, 1.82) is 0 Å². The monoisotopic (exact) mass is 297 g/mol. The lowest BCUT2D eigenvalue weighted by Crippen LogP contribution is -2.08. The number of anilines is 1. The lowest BCUT2D eigenvalue weighted by Gasteiger charge is -2.12. The van der Waals surface area contributed by atoms with Gasteiger partial charge in [0.15, 0.2) is 5.82 Å². The first kappa shape index (κ1) is 12.7. The average Bonchev–Trinajstić information content (AvgIpc) is 3.04. The number of nitrogen functional groups attached to an aromatic ring is 1. The first-order valence-electron chi connectivity index (χ1n) is 6.19. The zero-order valence-electron chi connectivity index (χ0n) is 10.2. The molecular formula is C12H13Cl2N5. The van der Waals surface area contributed by atoms with E-state index in [0.717, 1.165) is 18.4 Å². The number of hydrogen-bond donors (Lipinski definition) is 1. The lowest BCUT2D eigenvalue weighted by atomic mass is 10.1. The van der Waals surface area contributed by atoms with Gasteiger partial charge in [-0.25, -0.2) is 4.68 Å². The Labute approximate surface area is 120 Å². The van der Waals surface area contributed by atoms with E-state index in [0.29, 0.717) is 27.6 Å². The molecule has 100 valence electrons. The summed E-state index contributed by atoms with van der Waals surface area (Å²) in [5.41, 5.74) is 7.07. The average molecular weight is 298 g/mol. The zero-order valence-corrected chi connectivity index (χ0v) is 11.7. The molecule has 2 N–H and O–H groups in total. The molecule has 19 heavy (non-hydrogen) atoms. The van der Waals surface area contributed by atoms with E-state index in [4.69, 9.17) is 28.9 Å². The molecule has 0 spiro atoms. The van der Waals surface area contributed by atoms with Crippen molar-refractivity contribution in [2.24, 2.45) is 0 Å². The van der Waals surface area contributed by atoms with Crippen molar-refractivity contribution in [1.82, 2.24) is 20.2 Å². The van der Waals surface area contributed by atoms with Crippen LogP contribution in [0.5, 0.6) is 0 Å². The highest BCUT2D eigenvalue weighted by molar-refractivity contribution is 6.43. The SMILES string of the molecule is Nc1cc(-c2nnnn2C2CCCC2)cc(Cl)c1Cl. The van der Waals surface area contributed by atoms with E-state index in [1.54, 1.807) is 12.1 Å². The van der Waals surface area contributed by atoms with Crippen molar-refractivity contribution in [2.75, 3.05) is 5.73 Å². The molecule has 0 amide bonds. The summed E-state index contributed by atoms with van der Waals surface area (Å²) in [4.78, 5) is 0. The first-order chi connectivity index (χ1) is 9.16. The van der Waals surface area contributed by atoms with Crippen LogP contribution >= 0.6 is 23.2 Å².